The number of benzene rings is 1. The van der Waals surface area contributed by atoms with E-state index in [9.17, 15) is 18.0 Å². The molecule has 0 aliphatic carbocycles. The molecule has 0 fully saturated rings. The number of carbonyl (C=O) groups excluding carboxylic acids is 1. The average Bonchev–Trinajstić information content (AvgIpc) is 2.32. The Morgan fingerprint density at radius 1 is 1.47 bits per heavy atom. The van der Waals surface area contributed by atoms with Crippen LogP contribution in [-0.4, -0.2) is 25.7 Å². The van der Waals surface area contributed by atoms with E-state index in [1.54, 1.807) is 6.92 Å². The van der Waals surface area contributed by atoms with Crippen LogP contribution in [0.2, 0.25) is 0 Å². The summed E-state index contributed by atoms with van der Waals surface area (Å²) in [5, 5.41) is 2.38. The maximum absolute atomic E-state index is 12.6. The molecule has 0 saturated carbocycles. The van der Waals surface area contributed by atoms with Gasteiger partial charge in [-0.05, 0) is 24.6 Å². The van der Waals surface area contributed by atoms with Gasteiger partial charge in [-0.1, -0.05) is 6.07 Å². The van der Waals surface area contributed by atoms with Crippen LogP contribution in [0, 0.1) is 6.92 Å². The van der Waals surface area contributed by atoms with E-state index in [-0.39, 0.29) is 12.2 Å². The van der Waals surface area contributed by atoms with Crippen LogP contribution in [0.15, 0.2) is 18.2 Å². The summed E-state index contributed by atoms with van der Waals surface area (Å²) < 4.78 is 42.5. The van der Waals surface area contributed by atoms with Gasteiger partial charge in [0.2, 0.25) is 0 Å². The van der Waals surface area contributed by atoms with E-state index in [0.717, 1.165) is 12.1 Å². The molecule has 1 atom stereocenters. The van der Waals surface area contributed by atoms with Crippen LogP contribution in [0.25, 0.3) is 0 Å². The highest BCUT2D eigenvalue weighted by molar-refractivity contribution is 5.95. The molecule has 1 aromatic carbocycles. The second-order valence-electron chi connectivity index (χ2n) is 3.98. The smallest absolute Gasteiger partial charge is 0.370 e. The summed E-state index contributed by atoms with van der Waals surface area (Å²) in [4.78, 5) is 11.7. The van der Waals surface area contributed by atoms with Crippen molar-refractivity contribution in [1.29, 1.82) is 0 Å². The quantitative estimate of drug-likeness (QED) is 0.883. The van der Waals surface area contributed by atoms with E-state index < -0.39 is 23.8 Å². The molecule has 0 aromatic heterocycles. The van der Waals surface area contributed by atoms with Crippen LogP contribution in [0.4, 0.5) is 18.9 Å². The van der Waals surface area contributed by atoms with Gasteiger partial charge in [0, 0.05) is 19.3 Å². The molecular formula is C12H15F3N2O2. The molecule has 4 nitrogen and oxygen atoms in total. The fourth-order valence-corrected chi connectivity index (χ4v) is 1.46. The summed E-state index contributed by atoms with van der Waals surface area (Å²) in [5.41, 5.74) is 5.10. The van der Waals surface area contributed by atoms with Gasteiger partial charge in [0.25, 0.3) is 5.91 Å². The molecule has 1 amide bonds. The molecule has 106 valence electrons. The predicted octanol–water partition coefficient (Wildman–Crippen LogP) is 1.93. The zero-order valence-corrected chi connectivity index (χ0v) is 10.5. The van der Waals surface area contributed by atoms with Crippen molar-refractivity contribution in [2.24, 2.45) is 5.73 Å². The number of halogens is 3. The van der Waals surface area contributed by atoms with E-state index in [0.29, 0.717) is 5.56 Å². The molecule has 0 heterocycles. The fourth-order valence-electron chi connectivity index (χ4n) is 1.46. The lowest BCUT2D eigenvalue weighted by Crippen LogP contribution is -2.36. The molecule has 0 spiro atoms. The third-order valence-corrected chi connectivity index (χ3v) is 2.61. The SMILES string of the molecule is COC(CN)C(=O)Nc1cc(C(F)(F)F)ccc1C. The topological polar surface area (TPSA) is 64.3 Å². The van der Waals surface area contributed by atoms with Crippen LogP contribution in [-0.2, 0) is 15.7 Å². The number of aryl methyl sites for hydroxylation is 1. The van der Waals surface area contributed by atoms with Gasteiger partial charge in [-0.15, -0.1) is 0 Å². The first-order valence-electron chi connectivity index (χ1n) is 5.51. The normalized spacial score (nSPS) is 13.2. The Bertz CT molecular complexity index is 457. The van der Waals surface area contributed by atoms with Crippen molar-refractivity contribution >= 4 is 11.6 Å². The number of anilines is 1. The number of ether oxygens (including phenoxy) is 1. The highest BCUT2D eigenvalue weighted by Crippen LogP contribution is 2.32. The van der Waals surface area contributed by atoms with Gasteiger partial charge < -0.3 is 15.8 Å². The van der Waals surface area contributed by atoms with Crippen molar-refractivity contribution in [3.8, 4) is 0 Å². The molecule has 0 saturated heterocycles. The lowest BCUT2D eigenvalue weighted by atomic mass is 10.1. The number of carbonyl (C=O) groups is 1. The van der Waals surface area contributed by atoms with Crippen molar-refractivity contribution < 1.29 is 22.7 Å². The maximum Gasteiger partial charge on any atom is 0.416 e. The van der Waals surface area contributed by atoms with Crippen molar-refractivity contribution in [3.05, 3.63) is 29.3 Å². The van der Waals surface area contributed by atoms with Crippen molar-refractivity contribution in [2.75, 3.05) is 19.0 Å². The molecule has 0 aliphatic rings. The highest BCUT2D eigenvalue weighted by Gasteiger charge is 2.31. The zero-order chi connectivity index (χ0) is 14.6. The number of nitrogens with two attached hydrogens (primary N) is 1. The summed E-state index contributed by atoms with van der Waals surface area (Å²) >= 11 is 0. The average molecular weight is 276 g/mol. The van der Waals surface area contributed by atoms with Crippen LogP contribution >= 0.6 is 0 Å². The van der Waals surface area contributed by atoms with E-state index in [4.69, 9.17) is 10.5 Å². The highest BCUT2D eigenvalue weighted by atomic mass is 19.4. The van der Waals surface area contributed by atoms with Gasteiger partial charge in [-0.25, -0.2) is 0 Å². The number of rotatable bonds is 4. The first-order chi connectivity index (χ1) is 8.79. The Kier molecular flexibility index (Phi) is 4.90. The summed E-state index contributed by atoms with van der Waals surface area (Å²) in [6.07, 6.45) is -5.35. The van der Waals surface area contributed by atoms with Gasteiger partial charge in [-0.2, -0.15) is 13.2 Å². The Labute approximate surface area is 108 Å². The number of methoxy groups -OCH3 is 1. The van der Waals surface area contributed by atoms with Gasteiger partial charge in [-0.3, -0.25) is 4.79 Å². The Morgan fingerprint density at radius 3 is 2.58 bits per heavy atom. The monoisotopic (exact) mass is 276 g/mol. The molecule has 1 aromatic rings. The minimum atomic E-state index is -4.46. The Morgan fingerprint density at radius 2 is 2.11 bits per heavy atom. The molecule has 1 unspecified atom stereocenters. The molecule has 0 bridgehead atoms. The summed E-state index contributed by atoms with van der Waals surface area (Å²) in [6.45, 7) is 1.54. The summed E-state index contributed by atoms with van der Waals surface area (Å²) in [5.74, 6) is -0.576. The van der Waals surface area contributed by atoms with Gasteiger partial charge in [0.15, 0.2) is 0 Å². The van der Waals surface area contributed by atoms with Crippen LogP contribution in [0.5, 0.6) is 0 Å². The maximum atomic E-state index is 12.6. The second-order valence-corrected chi connectivity index (χ2v) is 3.98. The van der Waals surface area contributed by atoms with Crippen LogP contribution < -0.4 is 11.1 Å². The minimum Gasteiger partial charge on any atom is -0.370 e. The standard InChI is InChI=1S/C12H15F3N2O2/c1-7-3-4-8(12(13,14)15)5-9(7)17-11(18)10(6-16)19-2/h3-5,10H,6,16H2,1-2H3,(H,17,18). The minimum absolute atomic E-state index is 0.0552. The molecule has 1 rings (SSSR count). The number of alkyl halides is 3. The van der Waals surface area contributed by atoms with Crippen molar-refractivity contribution in [2.45, 2.75) is 19.2 Å². The van der Waals surface area contributed by atoms with Gasteiger partial charge >= 0.3 is 6.18 Å². The van der Waals surface area contributed by atoms with Gasteiger partial charge in [0.05, 0.1) is 5.56 Å². The second kappa shape index (κ2) is 6.03. The Hall–Kier alpha value is -1.60. The molecule has 7 heteroatoms. The molecule has 19 heavy (non-hydrogen) atoms. The summed E-state index contributed by atoms with van der Waals surface area (Å²) in [7, 11) is 1.30. The van der Waals surface area contributed by atoms with Gasteiger partial charge in [0.1, 0.15) is 6.10 Å². The summed E-state index contributed by atoms with van der Waals surface area (Å²) in [6, 6.07) is 3.14. The van der Waals surface area contributed by atoms with E-state index in [1.807, 2.05) is 0 Å². The Balaban J connectivity index is 2.98. The van der Waals surface area contributed by atoms with E-state index in [1.165, 1.54) is 13.2 Å². The number of hydrogen-bond acceptors (Lipinski definition) is 3. The van der Waals surface area contributed by atoms with Crippen LogP contribution in [0.1, 0.15) is 11.1 Å². The molecule has 3 N–H and O–H groups in total. The third kappa shape index (κ3) is 3.93. The molecule has 0 radical (unpaired) electrons. The predicted molar refractivity (Wildman–Crippen MR) is 64.7 cm³/mol. The first kappa shape index (κ1) is 15.5. The van der Waals surface area contributed by atoms with E-state index >= 15 is 0 Å². The lowest BCUT2D eigenvalue weighted by molar-refractivity contribution is -0.137. The first-order valence-corrected chi connectivity index (χ1v) is 5.51. The van der Waals surface area contributed by atoms with Crippen molar-refractivity contribution in [3.63, 3.8) is 0 Å². The molecular weight excluding hydrogens is 261 g/mol. The van der Waals surface area contributed by atoms with Crippen molar-refractivity contribution in [1.82, 2.24) is 0 Å². The molecule has 0 aliphatic heterocycles. The largest absolute Gasteiger partial charge is 0.416 e. The zero-order valence-electron chi connectivity index (χ0n) is 10.5. The fraction of sp³-hybridized carbons (Fsp3) is 0.417. The third-order valence-electron chi connectivity index (χ3n) is 2.61. The van der Waals surface area contributed by atoms with Crippen LogP contribution in [0.3, 0.4) is 0 Å². The number of hydrogen-bond donors (Lipinski definition) is 2. The lowest BCUT2D eigenvalue weighted by Gasteiger charge is -2.16. The number of amides is 1. The van der Waals surface area contributed by atoms with E-state index in [2.05, 4.69) is 5.32 Å². The number of nitrogens with one attached hydrogen (secondary N) is 1.